The molecule has 2 aromatic carbocycles. The number of benzene rings is 2. The maximum absolute atomic E-state index is 12.1. The minimum atomic E-state index is -4.69. The van der Waals surface area contributed by atoms with Gasteiger partial charge < -0.3 is 4.74 Å². The molecule has 0 N–H and O–H groups in total. The van der Waals surface area contributed by atoms with Crippen molar-refractivity contribution in [3.8, 4) is 5.75 Å². The van der Waals surface area contributed by atoms with Crippen LogP contribution >= 0.6 is 0 Å². The van der Waals surface area contributed by atoms with Gasteiger partial charge in [-0.1, -0.05) is 56.9 Å². The van der Waals surface area contributed by atoms with E-state index in [-0.39, 0.29) is 5.75 Å². The van der Waals surface area contributed by atoms with Gasteiger partial charge in [-0.25, -0.2) is 0 Å². The molecule has 150 valence electrons. The minimum Gasteiger partial charge on any atom is -0.406 e. The molecule has 0 aliphatic rings. The molecule has 0 radical (unpaired) electrons. The fourth-order valence-corrected chi connectivity index (χ4v) is 2.66. The highest BCUT2D eigenvalue weighted by Gasteiger charge is 2.30. The third-order valence-electron chi connectivity index (χ3n) is 4.14. The van der Waals surface area contributed by atoms with E-state index >= 15 is 0 Å². The van der Waals surface area contributed by atoms with Crippen molar-refractivity contribution in [1.29, 1.82) is 0 Å². The number of hydrogen-bond donors (Lipinski definition) is 0. The molecule has 0 aliphatic carbocycles. The topological polar surface area (TPSA) is 34.0 Å². The summed E-state index contributed by atoms with van der Waals surface area (Å²) in [5, 5.41) is 7.90. The maximum Gasteiger partial charge on any atom is 0.573 e. The van der Waals surface area contributed by atoms with Gasteiger partial charge >= 0.3 is 6.36 Å². The second kappa shape index (κ2) is 11.3. The standard InChI is InChI=1S/C22H25F3N2O/c1-2-3-4-5-6-7-18-8-10-19(11-9-18)16-26-27-17-20-12-14-21(15-13-20)28-22(23,24)25/h8-17H,2-7H2,1H3. The van der Waals surface area contributed by atoms with Crippen molar-refractivity contribution >= 4 is 12.4 Å². The van der Waals surface area contributed by atoms with Gasteiger partial charge in [-0.2, -0.15) is 10.2 Å². The number of nitrogens with zero attached hydrogens (tertiary/aromatic N) is 2. The van der Waals surface area contributed by atoms with E-state index in [0.29, 0.717) is 5.56 Å². The molecule has 3 nitrogen and oxygen atoms in total. The van der Waals surface area contributed by atoms with Crippen molar-refractivity contribution in [3.63, 3.8) is 0 Å². The van der Waals surface area contributed by atoms with Crippen LogP contribution in [0.4, 0.5) is 13.2 Å². The lowest BCUT2D eigenvalue weighted by molar-refractivity contribution is -0.274. The summed E-state index contributed by atoms with van der Waals surface area (Å²) in [6.45, 7) is 2.22. The monoisotopic (exact) mass is 390 g/mol. The number of aryl methyl sites for hydroxylation is 1. The molecule has 2 rings (SSSR count). The SMILES string of the molecule is CCCCCCCc1ccc(C=NN=Cc2ccc(OC(F)(F)F)cc2)cc1. The number of ether oxygens (including phenoxy) is 1. The van der Waals surface area contributed by atoms with Crippen LogP contribution in [0.2, 0.25) is 0 Å². The van der Waals surface area contributed by atoms with Crippen molar-refractivity contribution < 1.29 is 17.9 Å². The summed E-state index contributed by atoms with van der Waals surface area (Å²) in [4.78, 5) is 0. The van der Waals surface area contributed by atoms with Gasteiger partial charge in [0.25, 0.3) is 0 Å². The van der Waals surface area contributed by atoms with Gasteiger partial charge in [0, 0.05) is 0 Å². The van der Waals surface area contributed by atoms with E-state index in [4.69, 9.17) is 0 Å². The predicted molar refractivity (Wildman–Crippen MR) is 107 cm³/mol. The van der Waals surface area contributed by atoms with Crippen molar-refractivity contribution in [2.75, 3.05) is 0 Å². The van der Waals surface area contributed by atoms with Gasteiger partial charge in [-0.15, -0.1) is 13.2 Å². The molecule has 0 saturated carbocycles. The molecule has 0 atom stereocenters. The lowest BCUT2D eigenvalue weighted by atomic mass is 10.0. The van der Waals surface area contributed by atoms with Gasteiger partial charge in [0.05, 0.1) is 12.4 Å². The Hall–Kier alpha value is -2.63. The van der Waals surface area contributed by atoms with E-state index in [0.717, 1.165) is 12.0 Å². The highest BCUT2D eigenvalue weighted by atomic mass is 19.4. The molecule has 0 amide bonds. The van der Waals surface area contributed by atoms with Crippen molar-refractivity contribution in [2.24, 2.45) is 10.2 Å². The normalized spacial score (nSPS) is 12.1. The van der Waals surface area contributed by atoms with Crippen LogP contribution in [0, 0.1) is 0 Å². The molecule has 0 spiro atoms. The van der Waals surface area contributed by atoms with E-state index in [1.807, 2.05) is 12.1 Å². The maximum atomic E-state index is 12.1. The molecule has 0 fully saturated rings. The van der Waals surface area contributed by atoms with Crippen LogP contribution in [0.25, 0.3) is 0 Å². The Balaban J connectivity index is 1.78. The quantitative estimate of drug-likeness (QED) is 0.257. The molecule has 0 heterocycles. The summed E-state index contributed by atoms with van der Waals surface area (Å²) >= 11 is 0. The Kier molecular flexibility index (Phi) is 8.72. The number of alkyl halides is 3. The van der Waals surface area contributed by atoms with Crippen LogP contribution in [-0.4, -0.2) is 18.8 Å². The number of rotatable bonds is 10. The first-order valence-corrected chi connectivity index (χ1v) is 9.47. The van der Waals surface area contributed by atoms with Crippen LogP contribution in [0.15, 0.2) is 58.7 Å². The van der Waals surface area contributed by atoms with Gasteiger partial charge in [-0.3, -0.25) is 0 Å². The zero-order valence-electron chi connectivity index (χ0n) is 16.0. The average Bonchev–Trinajstić information content (AvgIpc) is 2.66. The second-order valence-corrected chi connectivity index (χ2v) is 6.51. The molecule has 28 heavy (non-hydrogen) atoms. The predicted octanol–water partition coefficient (Wildman–Crippen LogP) is 6.55. The van der Waals surface area contributed by atoms with Crippen LogP contribution in [0.5, 0.6) is 5.75 Å². The fourth-order valence-electron chi connectivity index (χ4n) is 2.66. The summed E-state index contributed by atoms with van der Waals surface area (Å²) in [7, 11) is 0. The first-order chi connectivity index (χ1) is 13.5. The van der Waals surface area contributed by atoms with E-state index in [1.165, 1.54) is 68.1 Å². The Morgan fingerprint density at radius 1 is 0.786 bits per heavy atom. The largest absolute Gasteiger partial charge is 0.573 e. The van der Waals surface area contributed by atoms with Crippen LogP contribution in [0.3, 0.4) is 0 Å². The summed E-state index contributed by atoms with van der Waals surface area (Å²) in [6.07, 6.45) is 5.87. The first kappa shape index (κ1) is 21.7. The van der Waals surface area contributed by atoms with Crippen LogP contribution in [0.1, 0.15) is 55.7 Å². The number of halogens is 3. The molecular weight excluding hydrogens is 365 g/mol. The zero-order valence-corrected chi connectivity index (χ0v) is 16.0. The minimum absolute atomic E-state index is 0.265. The van der Waals surface area contributed by atoms with Gasteiger partial charge in [0.1, 0.15) is 5.75 Å². The third-order valence-corrected chi connectivity index (χ3v) is 4.14. The Morgan fingerprint density at radius 2 is 1.32 bits per heavy atom. The molecule has 2 aromatic rings. The number of unbranched alkanes of at least 4 members (excludes halogenated alkanes) is 4. The molecule has 0 aliphatic heterocycles. The summed E-state index contributed by atoms with van der Waals surface area (Å²) in [5.74, 6) is -0.265. The molecule has 0 aromatic heterocycles. The van der Waals surface area contributed by atoms with Gasteiger partial charge in [-0.05, 0) is 53.8 Å². The lowest BCUT2D eigenvalue weighted by Gasteiger charge is -2.08. The molecule has 0 bridgehead atoms. The molecular formula is C22H25F3N2O. The van der Waals surface area contributed by atoms with Crippen molar-refractivity contribution in [2.45, 2.75) is 51.8 Å². The van der Waals surface area contributed by atoms with E-state index in [2.05, 4.69) is 34.0 Å². The summed E-state index contributed by atoms with van der Waals surface area (Å²) in [5.41, 5.74) is 2.89. The number of hydrogen-bond acceptors (Lipinski definition) is 3. The highest BCUT2D eigenvalue weighted by Crippen LogP contribution is 2.22. The van der Waals surface area contributed by atoms with Crippen LogP contribution in [-0.2, 0) is 6.42 Å². The summed E-state index contributed by atoms with van der Waals surface area (Å²) in [6, 6.07) is 13.6. The van der Waals surface area contributed by atoms with Crippen LogP contribution < -0.4 is 4.74 Å². The smallest absolute Gasteiger partial charge is 0.406 e. The highest BCUT2D eigenvalue weighted by molar-refractivity contribution is 5.82. The first-order valence-electron chi connectivity index (χ1n) is 9.47. The Bertz CT molecular complexity index is 751. The molecule has 0 saturated heterocycles. The molecule has 6 heteroatoms. The van der Waals surface area contributed by atoms with Gasteiger partial charge in [0.2, 0.25) is 0 Å². The Morgan fingerprint density at radius 3 is 1.86 bits per heavy atom. The third kappa shape index (κ3) is 8.84. The average molecular weight is 390 g/mol. The van der Waals surface area contributed by atoms with Crippen molar-refractivity contribution in [1.82, 2.24) is 0 Å². The van der Waals surface area contributed by atoms with E-state index in [1.54, 1.807) is 6.21 Å². The second-order valence-electron chi connectivity index (χ2n) is 6.51. The van der Waals surface area contributed by atoms with Crippen molar-refractivity contribution in [3.05, 3.63) is 65.2 Å². The zero-order chi connectivity index (χ0) is 20.2. The summed E-state index contributed by atoms with van der Waals surface area (Å²) < 4.78 is 40.2. The van der Waals surface area contributed by atoms with Gasteiger partial charge in [0.15, 0.2) is 0 Å². The lowest BCUT2D eigenvalue weighted by Crippen LogP contribution is -2.16. The molecule has 0 unspecified atom stereocenters. The fraction of sp³-hybridized carbons (Fsp3) is 0.364. The van der Waals surface area contributed by atoms with E-state index in [9.17, 15) is 13.2 Å². The Labute approximate surface area is 164 Å². The van der Waals surface area contributed by atoms with E-state index < -0.39 is 6.36 Å².